The molecule has 0 bridgehead atoms. The lowest BCUT2D eigenvalue weighted by Crippen LogP contribution is -2.19. The van der Waals surface area contributed by atoms with Crippen molar-refractivity contribution in [1.82, 2.24) is 9.97 Å². The third kappa shape index (κ3) is 1.54. The highest BCUT2D eigenvalue weighted by molar-refractivity contribution is 5.19. The van der Waals surface area contributed by atoms with Crippen molar-refractivity contribution in [3.05, 3.63) is 24.3 Å². The van der Waals surface area contributed by atoms with Crippen molar-refractivity contribution in [2.24, 2.45) is 0 Å². The quantitative estimate of drug-likeness (QED) is 0.583. The van der Waals surface area contributed by atoms with Crippen LogP contribution in [0, 0.1) is 12.3 Å². The predicted molar refractivity (Wildman–Crippen MR) is 40.4 cm³/mol. The van der Waals surface area contributed by atoms with E-state index in [2.05, 4.69) is 15.9 Å². The molecule has 0 saturated heterocycles. The highest BCUT2D eigenvalue weighted by Crippen LogP contribution is 2.14. The van der Waals surface area contributed by atoms with E-state index < -0.39 is 5.60 Å². The first-order valence-corrected chi connectivity index (χ1v) is 3.13. The summed E-state index contributed by atoms with van der Waals surface area (Å²) in [5, 5.41) is 9.46. The SMILES string of the molecule is C#C[C@@](C)(O)c1cnccn1. The van der Waals surface area contributed by atoms with Crippen molar-refractivity contribution in [3.63, 3.8) is 0 Å². The van der Waals surface area contributed by atoms with Crippen LogP contribution in [-0.4, -0.2) is 15.1 Å². The van der Waals surface area contributed by atoms with Gasteiger partial charge in [0.25, 0.3) is 0 Å². The maximum Gasteiger partial charge on any atom is 0.166 e. The molecule has 0 spiro atoms. The van der Waals surface area contributed by atoms with E-state index in [9.17, 15) is 5.11 Å². The summed E-state index contributed by atoms with van der Waals surface area (Å²) >= 11 is 0. The predicted octanol–water partition coefficient (Wildman–Crippen LogP) is 0.317. The van der Waals surface area contributed by atoms with Crippen LogP contribution in [0.4, 0.5) is 0 Å². The molecule has 56 valence electrons. The lowest BCUT2D eigenvalue weighted by atomic mass is 10.1. The standard InChI is InChI=1S/C8H8N2O/c1-3-8(2,11)7-6-9-4-5-10-7/h1,4-6,11H,2H3/t8-/m1/s1. The Bertz CT molecular complexity index is 274. The minimum absolute atomic E-state index is 0.391. The van der Waals surface area contributed by atoms with Gasteiger partial charge in [0.1, 0.15) is 5.69 Å². The summed E-state index contributed by atoms with van der Waals surface area (Å²) in [5.74, 6) is 2.21. The van der Waals surface area contributed by atoms with Gasteiger partial charge in [0.05, 0.1) is 6.20 Å². The highest BCUT2D eigenvalue weighted by atomic mass is 16.3. The molecule has 1 aromatic heterocycles. The molecule has 0 aliphatic heterocycles. The molecule has 1 atom stereocenters. The summed E-state index contributed by atoms with van der Waals surface area (Å²) in [6, 6.07) is 0. The fourth-order valence-electron chi connectivity index (χ4n) is 0.624. The van der Waals surface area contributed by atoms with Crippen LogP contribution in [0.3, 0.4) is 0 Å². The zero-order chi connectivity index (χ0) is 8.32. The van der Waals surface area contributed by atoms with Gasteiger partial charge in [-0.1, -0.05) is 5.92 Å². The second-order valence-corrected chi connectivity index (χ2v) is 2.31. The van der Waals surface area contributed by atoms with Crippen molar-refractivity contribution in [3.8, 4) is 12.3 Å². The molecule has 0 aliphatic carbocycles. The van der Waals surface area contributed by atoms with Crippen LogP contribution in [0.2, 0.25) is 0 Å². The molecule has 1 rings (SSSR count). The van der Waals surface area contributed by atoms with E-state index in [-0.39, 0.29) is 0 Å². The van der Waals surface area contributed by atoms with Crippen LogP contribution in [0.25, 0.3) is 0 Å². The minimum atomic E-state index is -1.31. The van der Waals surface area contributed by atoms with Crippen LogP contribution in [0.15, 0.2) is 18.6 Å². The van der Waals surface area contributed by atoms with Crippen molar-refractivity contribution in [2.75, 3.05) is 0 Å². The average Bonchev–Trinajstić information content (AvgIpc) is 2.06. The molecule has 3 nitrogen and oxygen atoms in total. The first kappa shape index (κ1) is 7.70. The first-order valence-electron chi connectivity index (χ1n) is 3.13. The topological polar surface area (TPSA) is 46.0 Å². The number of nitrogens with zero attached hydrogens (tertiary/aromatic N) is 2. The van der Waals surface area contributed by atoms with Crippen LogP contribution in [0.5, 0.6) is 0 Å². The third-order valence-corrected chi connectivity index (χ3v) is 1.34. The molecule has 0 radical (unpaired) electrons. The third-order valence-electron chi connectivity index (χ3n) is 1.34. The average molecular weight is 148 g/mol. The molecule has 0 aromatic carbocycles. The molecule has 0 amide bonds. The summed E-state index contributed by atoms with van der Waals surface area (Å²) in [7, 11) is 0. The van der Waals surface area contributed by atoms with E-state index in [1.807, 2.05) is 0 Å². The van der Waals surface area contributed by atoms with Gasteiger partial charge in [-0.05, 0) is 6.92 Å². The Labute approximate surface area is 65.1 Å². The van der Waals surface area contributed by atoms with Gasteiger partial charge in [-0.15, -0.1) is 6.42 Å². The number of aromatic nitrogens is 2. The molecule has 1 N–H and O–H groups in total. The number of terminal acetylenes is 1. The minimum Gasteiger partial charge on any atom is -0.372 e. The van der Waals surface area contributed by atoms with Gasteiger partial charge >= 0.3 is 0 Å². The molecule has 0 fully saturated rings. The van der Waals surface area contributed by atoms with E-state index in [1.54, 1.807) is 0 Å². The number of aliphatic hydroxyl groups is 1. The molecule has 1 aromatic rings. The summed E-state index contributed by atoms with van der Waals surface area (Å²) in [4.78, 5) is 7.65. The largest absolute Gasteiger partial charge is 0.372 e. The van der Waals surface area contributed by atoms with Crippen molar-refractivity contribution in [2.45, 2.75) is 12.5 Å². The summed E-state index contributed by atoms with van der Waals surface area (Å²) in [5.41, 5.74) is -0.920. The van der Waals surface area contributed by atoms with Gasteiger partial charge in [0.15, 0.2) is 5.60 Å². The monoisotopic (exact) mass is 148 g/mol. The second-order valence-electron chi connectivity index (χ2n) is 2.31. The van der Waals surface area contributed by atoms with E-state index >= 15 is 0 Å². The molecular formula is C8H8N2O. The highest BCUT2D eigenvalue weighted by Gasteiger charge is 2.20. The Morgan fingerprint density at radius 2 is 2.36 bits per heavy atom. The molecule has 0 aliphatic rings. The van der Waals surface area contributed by atoms with Gasteiger partial charge < -0.3 is 5.11 Å². The normalized spacial score (nSPS) is 15.0. The Kier molecular flexibility index (Phi) is 1.88. The first-order chi connectivity index (χ1) is 5.17. The molecule has 3 heteroatoms. The molecular weight excluding hydrogens is 140 g/mol. The smallest absolute Gasteiger partial charge is 0.166 e. The van der Waals surface area contributed by atoms with Crippen LogP contribution in [-0.2, 0) is 5.60 Å². The molecule has 1 heterocycles. The van der Waals surface area contributed by atoms with Gasteiger partial charge in [-0.3, -0.25) is 9.97 Å². The van der Waals surface area contributed by atoms with Crippen molar-refractivity contribution < 1.29 is 5.11 Å². The lowest BCUT2D eigenvalue weighted by molar-refractivity contribution is 0.117. The zero-order valence-corrected chi connectivity index (χ0v) is 6.15. The van der Waals surface area contributed by atoms with Gasteiger partial charge in [-0.2, -0.15) is 0 Å². The van der Waals surface area contributed by atoms with Crippen molar-refractivity contribution in [1.29, 1.82) is 0 Å². The zero-order valence-electron chi connectivity index (χ0n) is 6.15. The Morgan fingerprint density at radius 1 is 1.64 bits per heavy atom. The fourth-order valence-corrected chi connectivity index (χ4v) is 0.624. The number of hydrogen-bond donors (Lipinski definition) is 1. The van der Waals surface area contributed by atoms with E-state index in [0.29, 0.717) is 5.69 Å². The summed E-state index contributed by atoms with van der Waals surface area (Å²) < 4.78 is 0. The Balaban J connectivity index is 3.05. The summed E-state index contributed by atoms with van der Waals surface area (Å²) in [6.07, 6.45) is 9.53. The maximum atomic E-state index is 9.46. The Morgan fingerprint density at radius 3 is 2.82 bits per heavy atom. The molecule has 0 unspecified atom stereocenters. The van der Waals surface area contributed by atoms with Crippen molar-refractivity contribution >= 4 is 0 Å². The van der Waals surface area contributed by atoms with Gasteiger partial charge in [0.2, 0.25) is 0 Å². The molecule has 0 saturated carbocycles. The summed E-state index contributed by atoms with van der Waals surface area (Å²) in [6.45, 7) is 1.50. The fraction of sp³-hybridized carbons (Fsp3) is 0.250. The van der Waals surface area contributed by atoms with Crippen LogP contribution in [0.1, 0.15) is 12.6 Å². The maximum absolute atomic E-state index is 9.46. The molecule has 11 heavy (non-hydrogen) atoms. The van der Waals surface area contributed by atoms with E-state index in [4.69, 9.17) is 6.42 Å². The van der Waals surface area contributed by atoms with Gasteiger partial charge in [0, 0.05) is 12.4 Å². The van der Waals surface area contributed by atoms with E-state index in [1.165, 1.54) is 25.5 Å². The van der Waals surface area contributed by atoms with Gasteiger partial charge in [-0.25, -0.2) is 0 Å². The second kappa shape index (κ2) is 2.69. The van der Waals surface area contributed by atoms with E-state index in [0.717, 1.165) is 0 Å². The van der Waals surface area contributed by atoms with Crippen LogP contribution < -0.4 is 0 Å². The Hall–Kier alpha value is -1.40. The number of hydrogen-bond acceptors (Lipinski definition) is 3. The lowest BCUT2D eigenvalue weighted by Gasteiger charge is -2.13. The number of rotatable bonds is 1. The van der Waals surface area contributed by atoms with Crippen LogP contribution >= 0.6 is 0 Å².